The van der Waals surface area contributed by atoms with Crippen molar-refractivity contribution in [1.82, 2.24) is 15.6 Å². The molecule has 2 N–H and O–H groups in total. The lowest BCUT2D eigenvalue weighted by Crippen LogP contribution is -2.37. The van der Waals surface area contributed by atoms with Crippen molar-refractivity contribution in [3.05, 3.63) is 71.9 Å². The molecule has 2 aromatic carbocycles. The smallest absolute Gasteiger partial charge is 0.191 e. The number of hydrogen-bond donors (Lipinski definition) is 2. The minimum atomic E-state index is 0. The van der Waals surface area contributed by atoms with Crippen LogP contribution in [-0.4, -0.2) is 37.8 Å². The summed E-state index contributed by atoms with van der Waals surface area (Å²) < 4.78 is 10.6. The third-order valence-electron chi connectivity index (χ3n) is 4.70. The van der Waals surface area contributed by atoms with Gasteiger partial charge in [-0.2, -0.15) is 0 Å². The third kappa shape index (κ3) is 7.99. The average molecular weight is 534 g/mol. The molecule has 0 aliphatic heterocycles. The van der Waals surface area contributed by atoms with Crippen molar-refractivity contribution in [2.75, 3.05) is 26.9 Å². The van der Waals surface area contributed by atoms with E-state index in [0.717, 1.165) is 59.9 Å². The largest absolute Gasteiger partial charge is 0.497 e. The number of nitrogens with one attached hydrogen (secondary N) is 2. The van der Waals surface area contributed by atoms with Gasteiger partial charge in [0.05, 0.1) is 19.2 Å². The van der Waals surface area contributed by atoms with Gasteiger partial charge >= 0.3 is 0 Å². The van der Waals surface area contributed by atoms with Crippen LogP contribution < -0.4 is 15.4 Å². The highest BCUT2D eigenvalue weighted by Crippen LogP contribution is 2.15. The molecule has 0 aliphatic rings. The number of para-hydroxylation sites is 1. The van der Waals surface area contributed by atoms with Gasteiger partial charge in [0.2, 0.25) is 0 Å². The van der Waals surface area contributed by atoms with Crippen molar-refractivity contribution in [3.8, 4) is 5.75 Å². The summed E-state index contributed by atoms with van der Waals surface area (Å²) in [5.41, 5.74) is 3.28. The summed E-state index contributed by atoms with van der Waals surface area (Å²) >= 11 is 0. The van der Waals surface area contributed by atoms with Gasteiger partial charge in [-0.3, -0.25) is 4.98 Å². The van der Waals surface area contributed by atoms with Crippen LogP contribution in [0.1, 0.15) is 24.5 Å². The molecule has 0 fully saturated rings. The van der Waals surface area contributed by atoms with Crippen LogP contribution in [-0.2, 0) is 17.8 Å². The molecule has 0 saturated heterocycles. The molecule has 0 bridgehead atoms. The number of fused-ring (bicyclic) bond motifs is 1. The number of nitrogens with zero attached hydrogens (tertiary/aromatic N) is 2. The quantitative estimate of drug-likeness (QED) is 0.173. The SMILES string of the molecule is CCOCCCNC(=NCc1ccc(OC)cc1)NCc1cccc2cccnc12.I. The Bertz CT molecular complexity index is 942. The number of rotatable bonds is 10. The fraction of sp³-hybridized carbons (Fsp3) is 0.333. The number of halogens is 1. The Labute approximate surface area is 201 Å². The predicted octanol–water partition coefficient (Wildman–Crippen LogP) is 4.52. The van der Waals surface area contributed by atoms with Gasteiger partial charge in [0.25, 0.3) is 0 Å². The molecule has 3 rings (SSSR count). The van der Waals surface area contributed by atoms with E-state index in [1.165, 1.54) is 0 Å². The lowest BCUT2D eigenvalue weighted by molar-refractivity contribution is 0.145. The topological polar surface area (TPSA) is 67.8 Å². The van der Waals surface area contributed by atoms with E-state index < -0.39 is 0 Å². The Morgan fingerprint density at radius 2 is 1.84 bits per heavy atom. The minimum Gasteiger partial charge on any atom is -0.497 e. The Hall–Kier alpha value is -2.39. The fourth-order valence-electron chi connectivity index (χ4n) is 3.09. The lowest BCUT2D eigenvalue weighted by atomic mass is 10.1. The third-order valence-corrected chi connectivity index (χ3v) is 4.70. The van der Waals surface area contributed by atoms with Crippen molar-refractivity contribution in [3.63, 3.8) is 0 Å². The highest BCUT2D eigenvalue weighted by Gasteiger charge is 2.04. The van der Waals surface area contributed by atoms with Gasteiger partial charge in [0.1, 0.15) is 5.75 Å². The van der Waals surface area contributed by atoms with Crippen LogP contribution >= 0.6 is 24.0 Å². The van der Waals surface area contributed by atoms with E-state index in [-0.39, 0.29) is 24.0 Å². The number of methoxy groups -OCH3 is 1. The van der Waals surface area contributed by atoms with Gasteiger partial charge in [0.15, 0.2) is 5.96 Å². The van der Waals surface area contributed by atoms with E-state index in [1.807, 2.05) is 43.5 Å². The summed E-state index contributed by atoms with van der Waals surface area (Å²) in [6.45, 7) is 5.51. The first-order valence-corrected chi connectivity index (χ1v) is 10.4. The summed E-state index contributed by atoms with van der Waals surface area (Å²) in [5.74, 6) is 1.62. The first-order chi connectivity index (χ1) is 14.8. The molecule has 31 heavy (non-hydrogen) atoms. The van der Waals surface area contributed by atoms with Crippen molar-refractivity contribution in [1.29, 1.82) is 0 Å². The Morgan fingerprint density at radius 1 is 1.03 bits per heavy atom. The second-order valence-corrected chi connectivity index (χ2v) is 6.84. The maximum atomic E-state index is 5.42. The molecule has 0 unspecified atom stereocenters. The lowest BCUT2D eigenvalue weighted by Gasteiger charge is -2.14. The maximum Gasteiger partial charge on any atom is 0.191 e. The van der Waals surface area contributed by atoms with Crippen molar-refractivity contribution >= 4 is 40.8 Å². The normalized spacial score (nSPS) is 11.1. The molecule has 0 radical (unpaired) electrons. The Morgan fingerprint density at radius 3 is 2.61 bits per heavy atom. The van der Waals surface area contributed by atoms with Crippen LogP contribution in [0.3, 0.4) is 0 Å². The summed E-state index contributed by atoms with van der Waals surface area (Å²) in [7, 11) is 1.67. The first kappa shape index (κ1) is 24.9. The van der Waals surface area contributed by atoms with Gasteiger partial charge in [-0.05, 0) is 42.7 Å². The van der Waals surface area contributed by atoms with E-state index in [1.54, 1.807) is 7.11 Å². The number of aromatic nitrogens is 1. The monoisotopic (exact) mass is 534 g/mol. The van der Waals surface area contributed by atoms with E-state index in [9.17, 15) is 0 Å². The van der Waals surface area contributed by atoms with Crippen LogP contribution in [0.5, 0.6) is 5.75 Å². The van der Waals surface area contributed by atoms with E-state index >= 15 is 0 Å². The summed E-state index contributed by atoms with van der Waals surface area (Å²) in [4.78, 5) is 9.29. The molecule has 0 saturated carbocycles. The fourth-order valence-corrected chi connectivity index (χ4v) is 3.09. The van der Waals surface area contributed by atoms with Crippen LogP contribution in [0.25, 0.3) is 10.9 Å². The molecule has 0 spiro atoms. The van der Waals surface area contributed by atoms with Crippen LogP contribution in [0.4, 0.5) is 0 Å². The highest BCUT2D eigenvalue weighted by molar-refractivity contribution is 14.0. The number of benzene rings is 2. The van der Waals surface area contributed by atoms with E-state index in [4.69, 9.17) is 14.5 Å². The van der Waals surface area contributed by atoms with Gasteiger partial charge in [-0.25, -0.2) is 4.99 Å². The molecule has 0 atom stereocenters. The number of ether oxygens (including phenoxy) is 2. The second-order valence-electron chi connectivity index (χ2n) is 6.84. The predicted molar refractivity (Wildman–Crippen MR) is 137 cm³/mol. The molecule has 166 valence electrons. The van der Waals surface area contributed by atoms with Crippen molar-refractivity contribution in [2.24, 2.45) is 4.99 Å². The van der Waals surface area contributed by atoms with Crippen molar-refractivity contribution < 1.29 is 9.47 Å². The first-order valence-electron chi connectivity index (χ1n) is 10.4. The zero-order valence-corrected chi connectivity index (χ0v) is 20.5. The molecule has 1 aromatic heterocycles. The van der Waals surface area contributed by atoms with Gasteiger partial charge in [0, 0.05) is 37.9 Å². The number of guanidine groups is 1. The Balaban J connectivity index is 0.00000341. The molecule has 6 nitrogen and oxygen atoms in total. The molecule has 0 amide bonds. The van der Waals surface area contributed by atoms with E-state index in [2.05, 4.69) is 39.9 Å². The molecule has 3 aromatic rings. The molecular formula is C24H31IN4O2. The minimum absolute atomic E-state index is 0. The average Bonchev–Trinajstić information content (AvgIpc) is 2.80. The maximum absolute atomic E-state index is 5.42. The molecule has 7 heteroatoms. The molecular weight excluding hydrogens is 503 g/mol. The summed E-state index contributed by atoms with van der Waals surface area (Å²) in [6.07, 6.45) is 2.75. The van der Waals surface area contributed by atoms with Gasteiger partial charge in [-0.15, -0.1) is 24.0 Å². The highest BCUT2D eigenvalue weighted by atomic mass is 127. The van der Waals surface area contributed by atoms with E-state index in [0.29, 0.717) is 13.1 Å². The summed E-state index contributed by atoms with van der Waals surface area (Å²) in [5, 5.41) is 7.99. The van der Waals surface area contributed by atoms with Gasteiger partial charge < -0.3 is 20.1 Å². The zero-order chi connectivity index (χ0) is 21.0. The standard InChI is InChI=1S/C24H30N4O2.HI/c1-3-30-16-6-15-26-24(27-17-19-10-12-22(29-2)13-11-19)28-18-21-8-4-7-20-9-5-14-25-23(20)21;/h4-5,7-14H,3,6,15-18H2,1-2H3,(H2,26,27,28);1H. The van der Waals surface area contributed by atoms with Crippen LogP contribution in [0.15, 0.2) is 65.8 Å². The van der Waals surface area contributed by atoms with Crippen LogP contribution in [0, 0.1) is 0 Å². The van der Waals surface area contributed by atoms with Crippen LogP contribution in [0.2, 0.25) is 0 Å². The molecule has 0 aliphatic carbocycles. The number of pyridine rings is 1. The Kier molecular flexibility index (Phi) is 11.1. The number of hydrogen-bond acceptors (Lipinski definition) is 4. The second kappa shape index (κ2) is 13.8. The van der Waals surface area contributed by atoms with Gasteiger partial charge in [-0.1, -0.05) is 36.4 Å². The van der Waals surface area contributed by atoms with Crippen molar-refractivity contribution in [2.45, 2.75) is 26.4 Å². The number of aliphatic imine (C=N–C) groups is 1. The molecule has 1 heterocycles. The summed E-state index contributed by atoms with van der Waals surface area (Å²) in [6, 6.07) is 18.2. The zero-order valence-electron chi connectivity index (χ0n) is 18.1.